The Labute approximate surface area is 242 Å². The van der Waals surface area contributed by atoms with Crippen LogP contribution in [0.25, 0.3) is 0 Å². The van der Waals surface area contributed by atoms with Crippen molar-refractivity contribution in [1.29, 1.82) is 0 Å². The molecule has 7 nitrogen and oxygen atoms in total. The minimum atomic E-state index is -3.56. The fourth-order valence-electron chi connectivity index (χ4n) is 5.31. The van der Waals surface area contributed by atoms with E-state index in [1.54, 1.807) is 41.3 Å². The first-order valence-corrected chi connectivity index (χ1v) is 16.0. The van der Waals surface area contributed by atoms with E-state index in [1.165, 1.54) is 16.4 Å². The van der Waals surface area contributed by atoms with Crippen LogP contribution in [0.2, 0.25) is 0 Å². The normalized spacial score (nSPS) is 14.4. The molecular weight excluding hydrogens is 541 g/mol. The summed E-state index contributed by atoms with van der Waals surface area (Å²) in [6.45, 7) is 0.250. The number of halogens is 1. The van der Waals surface area contributed by atoms with Crippen LogP contribution < -0.4 is 9.62 Å². The zero-order chi connectivity index (χ0) is 29.2. The molecule has 4 rings (SSSR count). The molecule has 3 aromatic carbocycles. The van der Waals surface area contributed by atoms with Gasteiger partial charge in [-0.2, -0.15) is 0 Å². The zero-order valence-electron chi connectivity index (χ0n) is 23.4. The van der Waals surface area contributed by atoms with E-state index < -0.39 is 16.1 Å². The molecule has 1 atom stereocenters. The van der Waals surface area contributed by atoms with Crippen LogP contribution in [0.4, 0.5) is 10.1 Å². The average Bonchev–Trinajstić information content (AvgIpc) is 3.47. The summed E-state index contributed by atoms with van der Waals surface area (Å²) in [5.74, 6) is -0.857. The quantitative estimate of drug-likeness (QED) is 0.306. The summed E-state index contributed by atoms with van der Waals surface area (Å²) >= 11 is 0. The number of nitrogens with one attached hydrogen (secondary N) is 1. The maximum absolute atomic E-state index is 13.9. The second-order valence-electron chi connectivity index (χ2n) is 10.6. The van der Waals surface area contributed by atoms with Crippen LogP contribution in [0.5, 0.6) is 0 Å². The van der Waals surface area contributed by atoms with Gasteiger partial charge < -0.3 is 10.2 Å². The van der Waals surface area contributed by atoms with Gasteiger partial charge in [0.05, 0.1) is 11.9 Å². The molecule has 41 heavy (non-hydrogen) atoms. The van der Waals surface area contributed by atoms with E-state index in [1.807, 2.05) is 36.4 Å². The van der Waals surface area contributed by atoms with Crippen LogP contribution >= 0.6 is 0 Å². The number of para-hydroxylation sites is 1. The summed E-state index contributed by atoms with van der Waals surface area (Å²) in [7, 11) is -3.56. The molecule has 0 unspecified atom stereocenters. The van der Waals surface area contributed by atoms with Gasteiger partial charge in [-0.25, -0.2) is 12.8 Å². The van der Waals surface area contributed by atoms with E-state index in [-0.39, 0.29) is 49.6 Å². The molecule has 1 N–H and O–H groups in total. The molecule has 2 amide bonds. The summed E-state index contributed by atoms with van der Waals surface area (Å²) in [6, 6.07) is 23.5. The Kier molecular flexibility index (Phi) is 10.5. The predicted molar refractivity (Wildman–Crippen MR) is 159 cm³/mol. The third kappa shape index (κ3) is 8.88. The Morgan fingerprint density at radius 2 is 1.51 bits per heavy atom. The number of rotatable bonds is 13. The van der Waals surface area contributed by atoms with Crippen LogP contribution in [-0.4, -0.2) is 50.0 Å². The number of nitrogens with zero attached hydrogens (tertiary/aromatic N) is 2. The van der Waals surface area contributed by atoms with Crippen LogP contribution in [0.3, 0.4) is 0 Å². The Balaban J connectivity index is 1.57. The van der Waals surface area contributed by atoms with Crippen LogP contribution in [-0.2, 0) is 32.6 Å². The number of sulfonamides is 1. The number of amides is 2. The average molecular weight is 580 g/mol. The van der Waals surface area contributed by atoms with Gasteiger partial charge in [-0.15, -0.1) is 0 Å². The van der Waals surface area contributed by atoms with Crippen molar-refractivity contribution < 1.29 is 22.4 Å². The minimum absolute atomic E-state index is 0.0437. The molecule has 1 aliphatic carbocycles. The molecule has 1 saturated carbocycles. The van der Waals surface area contributed by atoms with E-state index in [0.717, 1.165) is 37.5 Å². The van der Waals surface area contributed by atoms with Crippen molar-refractivity contribution in [3.8, 4) is 0 Å². The maximum atomic E-state index is 13.9. The molecule has 9 heteroatoms. The van der Waals surface area contributed by atoms with Crippen molar-refractivity contribution in [1.82, 2.24) is 10.2 Å². The predicted octanol–water partition coefficient (Wildman–Crippen LogP) is 5.07. The van der Waals surface area contributed by atoms with Gasteiger partial charge in [-0.3, -0.25) is 13.9 Å². The van der Waals surface area contributed by atoms with Crippen LogP contribution in [0.15, 0.2) is 84.9 Å². The molecule has 3 aromatic rings. The first kappa shape index (κ1) is 30.2. The van der Waals surface area contributed by atoms with E-state index in [9.17, 15) is 22.4 Å². The molecule has 0 aromatic heterocycles. The number of carbonyl (C=O) groups is 2. The van der Waals surface area contributed by atoms with E-state index in [2.05, 4.69) is 5.32 Å². The Hall–Kier alpha value is -3.72. The van der Waals surface area contributed by atoms with Crippen LogP contribution in [0.1, 0.15) is 49.7 Å². The monoisotopic (exact) mass is 579 g/mol. The number of anilines is 1. The summed E-state index contributed by atoms with van der Waals surface area (Å²) in [4.78, 5) is 29.2. The maximum Gasteiger partial charge on any atom is 0.243 e. The van der Waals surface area contributed by atoms with Gasteiger partial charge in [0, 0.05) is 32.0 Å². The van der Waals surface area contributed by atoms with E-state index >= 15 is 0 Å². The Bertz CT molecular complexity index is 1380. The highest BCUT2D eigenvalue weighted by molar-refractivity contribution is 7.92. The first-order valence-electron chi connectivity index (χ1n) is 14.1. The second kappa shape index (κ2) is 14.3. The highest BCUT2D eigenvalue weighted by atomic mass is 32.2. The van der Waals surface area contributed by atoms with Crippen molar-refractivity contribution >= 4 is 27.5 Å². The molecular formula is C32H38FN3O4S. The zero-order valence-corrected chi connectivity index (χ0v) is 24.2. The topological polar surface area (TPSA) is 86.8 Å². The van der Waals surface area contributed by atoms with Gasteiger partial charge in [0.25, 0.3) is 0 Å². The second-order valence-corrected chi connectivity index (χ2v) is 12.5. The number of hydrogen-bond acceptors (Lipinski definition) is 4. The minimum Gasteiger partial charge on any atom is -0.352 e. The van der Waals surface area contributed by atoms with Gasteiger partial charge in [0.1, 0.15) is 11.9 Å². The fraction of sp³-hybridized carbons (Fsp3) is 0.375. The van der Waals surface area contributed by atoms with Gasteiger partial charge in [-0.05, 0) is 54.7 Å². The van der Waals surface area contributed by atoms with Crippen LogP contribution in [0, 0.1) is 5.82 Å². The molecule has 0 saturated heterocycles. The third-order valence-corrected chi connectivity index (χ3v) is 8.63. The molecule has 0 bridgehead atoms. The lowest BCUT2D eigenvalue weighted by atomic mass is 10.0. The summed E-state index contributed by atoms with van der Waals surface area (Å²) < 4.78 is 40.0. The lowest BCUT2D eigenvalue weighted by molar-refractivity contribution is -0.141. The van der Waals surface area contributed by atoms with Crippen molar-refractivity contribution in [2.75, 3.05) is 17.1 Å². The highest BCUT2D eigenvalue weighted by Crippen LogP contribution is 2.22. The van der Waals surface area contributed by atoms with Crippen molar-refractivity contribution in [3.05, 3.63) is 102 Å². The molecule has 0 aliphatic heterocycles. The smallest absolute Gasteiger partial charge is 0.243 e. The van der Waals surface area contributed by atoms with E-state index in [4.69, 9.17) is 0 Å². The molecule has 0 heterocycles. The molecule has 218 valence electrons. The summed E-state index contributed by atoms with van der Waals surface area (Å²) in [6.07, 6.45) is 5.73. The van der Waals surface area contributed by atoms with Gasteiger partial charge in [0.2, 0.25) is 21.8 Å². The largest absolute Gasteiger partial charge is 0.352 e. The summed E-state index contributed by atoms with van der Waals surface area (Å²) in [5.41, 5.74) is 2.15. The Morgan fingerprint density at radius 1 is 0.902 bits per heavy atom. The molecule has 1 fully saturated rings. The number of carbonyl (C=O) groups excluding carboxylic acids is 2. The lowest BCUT2D eigenvalue weighted by Crippen LogP contribution is -2.52. The Morgan fingerprint density at radius 3 is 2.12 bits per heavy atom. The van der Waals surface area contributed by atoms with E-state index in [0.29, 0.717) is 17.7 Å². The highest BCUT2D eigenvalue weighted by Gasteiger charge is 2.32. The summed E-state index contributed by atoms with van der Waals surface area (Å²) in [5, 5.41) is 3.16. The first-order chi connectivity index (χ1) is 19.7. The molecule has 1 aliphatic rings. The fourth-order valence-corrected chi connectivity index (χ4v) is 6.27. The van der Waals surface area contributed by atoms with Crippen molar-refractivity contribution in [3.63, 3.8) is 0 Å². The third-order valence-electron chi connectivity index (χ3n) is 7.44. The molecule has 0 spiro atoms. The van der Waals surface area contributed by atoms with Gasteiger partial charge >= 0.3 is 0 Å². The molecule has 0 radical (unpaired) electrons. The van der Waals surface area contributed by atoms with Crippen molar-refractivity contribution in [2.24, 2.45) is 0 Å². The lowest BCUT2D eigenvalue weighted by Gasteiger charge is -2.33. The number of benzene rings is 3. The van der Waals surface area contributed by atoms with Gasteiger partial charge in [-0.1, -0.05) is 73.5 Å². The van der Waals surface area contributed by atoms with Gasteiger partial charge in [0.15, 0.2) is 0 Å². The standard InChI is InChI=1S/C32H38FN3O4S/c1-41(39,40)36(29-15-6-3-7-16-29)22-10-17-31(37)35(24-26-18-20-27(33)21-19-26)30(23-25-11-4-2-5-12-25)32(38)34-28-13-8-9-14-28/h2-7,11-12,15-16,18-21,28,30H,8-10,13-14,17,22-24H2,1H3,(H,34,38)/t30-/m0/s1. The number of hydrogen-bond donors (Lipinski definition) is 1. The van der Waals surface area contributed by atoms with Crippen molar-refractivity contribution in [2.45, 2.75) is 63.6 Å². The SMILES string of the molecule is CS(=O)(=O)N(CCCC(=O)N(Cc1ccc(F)cc1)[C@@H](Cc1ccccc1)C(=O)NC1CCCC1)c1ccccc1.